The number of hydrogen-bond acceptors (Lipinski definition) is 4. The topological polar surface area (TPSA) is 107 Å². The third-order valence-electron chi connectivity index (χ3n) is 4.19. The summed E-state index contributed by atoms with van der Waals surface area (Å²) in [7, 11) is 0. The number of aromatic nitrogens is 1. The van der Waals surface area contributed by atoms with E-state index >= 15 is 0 Å². The third kappa shape index (κ3) is 4.83. The smallest absolute Gasteiger partial charge is 0.265 e. The van der Waals surface area contributed by atoms with Crippen molar-refractivity contribution in [2.75, 3.05) is 0 Å². The van der Waals surface area contributed by atoms with Crippen LogP contribution < -0.4 is 5.32 Å². The molecule has 1 heterocycles. The van der Waals surface area contributed by atoms with E-state index in [2.05, 4.69) is 36.5 Å². The van der Waals surface area contributed by atoms with Crippen LogP contribution >= 0.6 is 15.9 Å². The van der Waals surface area contributed by atoms with Crippen molar-refractivity contribution in [3.8, 4) is 5.88 Å². The Kier molecular flexibility index (Phi) is 6.20. The summed E-state index contributed by atoms with van der Waals surface area (Å²) in [6.07, 6.45) is -0.0333. The summed E-state index contributed by atoms with van der Waals surface area (Å²) in [5.74, 6) is -0.926. The molecule has 0 radical (unpaired) electrons. The van der Waals surface area contributed by atoms with Crippen LogP contribution in [0.5, 0.6) is 5.88 Å². The Morgan fingerprint density at radius 2 is 1.93 bits per heavy atom. The number of aromatic amines is 1. The van der Waals surface area contributed by atoms with Crippen molar-refractivity contribution in [3.63, 3.8) is 0 Å². The zero-order valence-corrected chi connectivity index (χ0v) is 16.8. The molecule has 2 aromatic carbocycles. The number of azo groups is 1. The molecule has 0 spiro atoms. The first kappa shape index (κ1) is 19.8. The van der Waals surface area contributed by atoms with Crippen molar-refractivity contribution in [3.05, 3.63) is 58.1 Å². The average molecular weight is 443 g/mol. The molecule has 0 bridgehead atoms. The van der Waals surface area contributed by atoms with Crippen LogP contribution in [0.3, 0.4) is 0 Å². The maximum Gasteiger partial charge on any atom is 0.265 e. The molecule has 0 saturated carbocycles. The Bertz CT molecular complexity index is 1040. The zero-order valence-electron chi connectivity index (χ0n) is 15.2. The number of nitrogens with one attached hydrogen (secondary N) is 2. The molecular weight excluding hydrogens is 424 g/mol. The monoisotopic (exact) mass is 442 g/mol. The van der Waals surface area contributed by atoms with Gasteiger partial charge >= 0.3 is 0 Å². The predicted molar refractivity (Wildman–Crippen MR) is 109 cm³/mol. The number of nitrogens with zero attached hydrogens (tertiary/aromatic N) is 2. The average Bonchev–Trinajstić information content (AvgIpc) is 2.98. The van der Waals surface area contributed by atoms with E-state index in [4.69, 9.17) is 0 Å². The van der Waals surface area contributed by atoms with Gasteiger partial charge in [-0.15, -0.1) is 10.2 Å². The number of H-pyrrole nitrogens is 1. The van der Waals surface area contributed by atoms with E-state index in [-0.39, 0.29) is 30.3 Å². The molecule has 0 aliphatic heterocycles. The van der Waals surface area contributed by atoms with Crippen molar-refractivity contribution >= 4 is 44.3 Å². The lowest BCUT2D eigenvalue weighted by Crippen LogP contribution is -2.22. The Labute approximate surface area is 170 Å². The second-order valence-electron chi connectivity index (χ2n) is 6.33. The van der Waals surface area contributed by atoms with Crippen LogP contribution in [0.15, 0.2) is 57.2 Å². The maximum atomic E-state index is 11.9. The van der Waals surface area contributed by atoms with Crippen molar-refractivity contribution < 1.29 is 14.7 Å². The summed E-state index contributed by atoms with van der Waals surface area (Å²) in [4.78, 5) is 26.6. The van der Waals surface area contributed by atoms with Crippen LogP contribution in [-0.4, -0.2) is 21.9 Å². The lowest BCUT2D eigenvalue weighted by molar-refractivity contribution is -0.125. The van der Waals surface area contributed by atoms with E-state index in [9.17, 15) is 14.7 Å². The third-order valence-corrected chi connectivity index (χ3v) is 5.05. The van der Waals surface area contributed by atoms with E-state index in [0.29, 0.717) is 17.4 Å². The van der Waals surface area contributed by atoms with Gasteiger partial charge in [-0.05, 0) is 30.2 Å². The number of benzene rings is 2. The fourth-order valence-electron chi connectivity index (χ4n) is 2.66. The molecule has 1 aromatic heterocycles. The van der Waals surface area contributed by atoms with Crippen LogP contribution in [0.1, 0.15) is 24.0 Å². The number of hydrogen-bond donors (Lipinski definition) is 3. The minimum absolute atomic E-state index is 0.0244. The van der Waals surface area contributed by atoms with Crippen LogP contribution in [0.2, 0.25) is 0 Å². The highest BCUT2D eigenvalue weighted by molar-refractivity contribution is 9.10. The standard InChI is InChI=1S/C20H19BrN4O3/c1-12-9-14-16(10-15(12)21)23-20(28)19(14)25-24-18(27)8-7-17(26)22-11-13-5-3-2-4-6-13/h2-6,9-10,23,28H,7-8,11H2,1H3,(H,22,26). The van der Waals surface area contributed by atoms with Gasteiger partial charge in [0, 0.05) is 29.2 Å². The number of carbonyl (C=O) groups excluding carboxylic acids is 2. The zero-order chi connectivity index (χ0) is 20.1. The van der Waals surface area contributed by atoms with Gasteiger partial charge in [-0.2, -0.15) is 0 Å². The Morgan fingerprint density at radius 3 is 2.68 bits per heavy atom. The summed E-state index contributed by atoms with van der Waals surface area (Å²) < 4.78 is 0.891. The van der Waals surface area contributed by atoms with Gasteiger partial charge < -0.3 is 15.4 Å². The van der Waals surface area contributed by atoms with Gasteiger partial charge in [0.15, 0.2) is 5.69 Å². The lowest BCUT2D eigenvalue weighted by atomic mass is 10.1. The first-order valence-corrected chi connectivity index (χ1v) is 9.49. The van der Waals surface area contributed by atoms with Gasteiger partial charge in [0.05, 0.1) is 5.52 Å². The molecule has 0 fully saturated rings. The van der Waals surface area contributed by atoms with Gasteiger partial charge in [0.1, 0.15) is 0 Å². The van der Waals surface area contributed by atoms with Gasteiger partial charge in [0.2, 0.25) is 11.8 Å². The first-order valence-electron chi connectivity index (χ1n) is 8.70. The number of rotatable bonds is 6. The molecular formula is C20H19BrN4O3. The Morgan fingerprint density at radius 1 is 1.18 bits per heavy atom. The van der Waals surface area contributed by atoms with E-state index in [1.165, 1.54) is 0 Å². The fourth-order valence-corrected chi connectivity index (χ4v) is 3.00. The Hall–Kier alpha value is -3.00. The quantitative estimate of drug-likeness (QED) is 0.483. The molecule has 3 rings (SSSR count). The summed E-state index contributed by atoms with van der Waals surface area (Å²) in [6, 6.07) is 13.2. The largest absolute Gasteiger partial charge is 0.493 e. The van der Waals surface area contributed by atoms with Gasteiger partial charge in [0.25, 0.3) is 5.91 Å². The number of carbonyl (C=O) groups is 2. The molecule has 0 aliphatic carbocycles. The number of amides is 2. The van der Waals surface area contributed by atoms with Crippen LogP contribution in [-0.2, 0) is 16.1 Å². The van der Waals surface area contributed by atoms with Crippen LogP contribution in [0.25, 0.3) is 10.9 Å². The summed E-state index contributed by atoms with van der Waals surface area (Å²) >= 11 is 3.43. The van der Waals surface area contributed by atoms with Crippen molar-refractivity contribution in [2.24, 2.45) is 10.2 Å². The van der Waals surface area contributed by atoms with Gasteiger partial charge in [-0.25, -0.2) is 0 Å². The highest BCUT2D eigenvalue weighted by Crippen LogP contribution is 2.37. The molecule has 7 nitrogen and oxygen atoms in total. The normalized spacial score (nSPS) is 11.2. The number of halogens is 1. The van der Waals surface area contributed by atoms with E-state index in [1.54, 1.807) is 0 Å². The molecule has 0 aliphatic rings. The van der Waals surface area contributed by atoms with E-state index in [1.807, 2.05) is 49.4 Å². The summed E-state index contributed by atoms with van der Waals surface area (Å²) in [5, 5.41) is 21.0. The first-order chi connectivity index (χ1) is 13.4. The second-order valence-corrected chi connectivity index (χ2v) is 7.18. The molecule has 0 atom stereocenters. The molecule has 144 valence electrons. The number of aromatic hydroxyl groups is 1. The predicted octanol–water partition coefficient (Wildman–Crippen LogP) is 4.65. The summed E-state index contributed by atoms with van der Waals surface area (Å²) in [5.41, 5.74) is 2.83. The van der Waals surface area contributed by atoms with Gasteiger partial charge in [-0.3, -0.25) is 9.59 Å². The molecule has 3 N–H and O–H groups in total. The van der Waals surface area contributed by atoms with Crippen molar-refractivity contribution in [2.45, 2.75) is 26.3 Å². The highest BCUT2D eigenvalue weighted by Gasteiger charge is 2.13. The molecule has 0 unspecified atom stereocenters. The van der Waals surface area contributed by atoms with Crippen LogP contribution in [0.4, 0.5) is 5.69 Å². The SMILES string of the molecule is Cc1cc2c(N=NC(=O)CCC(=O)NCc3ccccc3)c(O)[nH]c2cc1Br. The molecule has 3 aromatic rings. The second kappa shape index (κ2) is 8.79. The minimum atomic E-state index is -0.530. The maximum absolute atomic E-state index is 11.9. The molecule has 0 saturated heterocycles. The highest BCUT2D eigenvalue weighted by atomic mass is 79.9. The van der Waals surface area contributed by atoms with Gasteiger partial charge in [-0.1, -0.05) is 46.3 Å². The van der Waals surface area contributed by atoms with Crippen LogP contribution in [0, 0.1) is 6.92 Å². The Balaban J connectivity index is 1.57. The minimum Gasteiger partial charge on any atom is -0.493 e. The number of aryl methyl sites for hydroxylation is 1. The fraction of sp³-hybridized carbons (Fsp3) is 0.200. The molecule has 28 heavy (non-hydrogen) atoms. The van der Waals surface area contributed by atoms with E-state index in [0.717, 1.165) is 15.6 Å². The number of fused-ring (bicyclic) bond motifs is 1. The summed E-state index contributed by atoms with van der Waals surface area (Å²) in [6.45, 7) is 2.32. The molecule has 8 heteroatoms. The van der Waals surface area contributed by atoms with Crippen molar-refractivity contribution in [1.82, 2.24) is 10.3 Å². The molecule has 2 amide bonds. The lowest BCUT2D eigenvalue weighted by Gasteiger charge is -2.03. The van der Waals surface area contributed by atoms with Crippen molar-refractivity contribution in [1.29, 1.82) is 0 Å². The van der Waals surface area contributed by atoms with E-state index < -0.39 is 5.91 Å².